The molecule has 1 atom stereocenters. The minimum Gasteiger partial charge on any atom is -1.00 e. The van der Waals surface area contributed by atoms with Gasteiger partial charge in [-0.15, -0.1) is 0 Å². The molecule has 1 unspecified atom stereocenters. The molecule has 8 rings (SSSR count). The Balaban J connectivity index is 0.00000370. The minimum absolute atomic E-state index is 0. The van der Waals surface area contributed by atoms with Crippen molar-refractivity contribution in [2.75, 3.05) is 0 Å². The van der Waals surface area contributed by atoms with Gasteiger partial charge in [-0.1, -0.05) is 0 Å². The molecule has 0 N–H and O–H groups in total. The summed E-state index contributed by atoms with van der Waals surface area (Å²) in [4.78, 5) is 0. The zero-order chi connectivity index (χ0) is 46.9. The van der Waals surface area contributed by atoms with Crippen molar-refractivity contribution >= 4 is 6.48 Å². The average Bonchev–Trinajstić information content (AvgIpc) is 3.80. The number of hydrogen-bond acceptors (Lipinski definition) is 0. The smallest absolute Gasteiger partial charge is 1.00 e. The van der Waals surface area contributed by atoms with Crippen LogP contribution in [0.4, 0.5) is 26.3 Å². The predicted octanol–water partition coefficient (Wildman–Crippen LogP) is 10.3. The van der Waals surface area contributed by atoms with Crippen LogP contribution in [0, 0.1) is 52.9 Å². The zero-order valence-electron chi connectivity index (χ0n) is 39.7. The summed E-state index contributed by atoms with van der Waals surface area (Å²) in [5.74, 6) is -0.0398. The molecule has 0 radical (unpaired) electrons. The molecule has 9 heteroatoms. The Kier molecular flexibility index (Phi) is 15.2. The van der Waals surface area contributed by atoms with Crippen LogP contribution in [0.1, 0.15) is 107 Å². The van der Waals surface area contributed by atoms with Crippen LogP contribution < -0.4 is 28.1 Å². The monoisotopic (exact) mass is 1030 g/mol. The molecule has 0 spiro atoms. The van der Waals surface area contributed by atoms with Crippen LogP contribution in [0.25, 0.3) is 33.4 Å². The Hall–Kier alpha value is -4.29. The normalized spacial score (nSPS) is 14.3. The maximum Gasteiger partial charge on any atom is -1.00 e. The molecule has 0 aliphatic heterocycles. The van der Waals surface area contributed by atoms with Crippen molar-refractivity contribution in [3.05, 3.63) is 191 Å². The molecule has 0 fully saturated rings. The number of halogens is 8. The molecule has 0 saturated carbocycles. The van der Waals surface area contributed by atoms with E-state index in [0.29, 0.717) is 20.8 Å². The van der Waals surface area contributed by atoms with Gasteiger partial charge in [-0.25, -0.2) is 0 Å². The van der Waals surface area contributed by atoms with Gasteiger partial charge in [-0.2, -0.15) is 0 Å². The molecule has 6 aromatic rings. The van der Waals surface area contributed by atoms with Gasteiger partial charge < -0.3 is 24.8 Å². The second-order valence-corrected chi connectivity index (χ2v) is 25.1. The standard InChI is InChI=1S/C31H29.C15H8F6.C12H19.2ClH.Zr/c1-18-11-20(3)30(21(4)12-18)24-7-9-28-26(15-24)17-27-16-25(8-10-29(27)28)31-22(5)13-19(2)14-23(31)6;16-14(17,18)12-5-1-3-10(8-12)7-11-4-2-6-13(9-11)15(19,20)21;1-5-6-10-7-8-11(9-10)12(2,3)4;;;/h7-15H,17H2,1-6H3;1-6,8-9H;8-10H,5-6H2,1-4H3;2*1H;/q;;;;;+2/p-2. The summed E-state index contributed by atoms with van der Waals surface area (Å²) in [5.41, 5.74) is 15.6. The van der Waals surface area contributed by atoms with Crippen LogP contribution in [-0.2, 0) is 40.0 Å². The number of aryl methyl sites for hydroxylation is 6. The zero-order valence-corrected chi connectivity index (χ0v) is 43.7. The van der Waals surface area contributed by atoms with E-state index >= 15 is 0 Å². The van der Waals surface area contributed by atoms with Crippen LogP contribution in [0.3, 0.4) is 0 Å². The van der Waals surface area contributed by atoms with Gasteiger partial charge in [0.05, 0.1) is 0 Å². The third-order valence-electron chi connectivity index (χ3n) is 13.3. The van der Waals surface area contributed by atoms with Crippen LogP contribution in [0.5, 0.6) is 0 Å². The molecular weight excluding hydrogens is 973 g/mol. The summed E-state index contributed by atoms with van der Waals surface area (Å²) in [6, 6.07) is 30.5. The maximum absolute atomic E-state index is 14.8. The summed E-state index contributed by atoms with van der Waals surface area (Å²) in [7, 11) is 0. The van der Waals surface area contributed by atoms with Crippen molar-refractivity contribution in [1.82, 2.24) is 0 Å². The molecule has 0 amide bonds. The van der Waals surface area contributed by atoms with Crippen molar-refractivity contribution in [3.8, 4) is 33.4 Å². The van der Waals surface area contributed by atoms with E-state index in [4.69, 9.17) is 0 Å². The third kappa shape index (κ3) is 10.2. The van der Waals surface area contributed by atoms with Crippen molar-refractivity contribution in [2.45, 2.75) is 101 Å². The molecule has 0 nitrogen and oxygen atoms in total. The Morgan fingerprint density at radius 3 is 1.58 bits per heavy atom. The van der Waals surface area contributed by atoms with Crippen LogP contribution in [0.15, 0.2) is 124 Å². The van der Waals surface area contributed by atoms with E-state index in [2.05, 4.69) is 136 Å². The molecule has 2 aliphatic carbocycles. The van der Waals surface area contributed by atoms with E-state index in [1.54, 1.807) is 12.1 Å². The number of allylic oxidation sites excluding steroid dienone is 4. The number of benzene rings is 6. The molecule has 6 aromatic carbocycles. The fraction of sp³-hybridized carbons (Fsp3) is 0.293. The minimum atomic E-state index is -4.67. The second-order valence-electron chi connectivity index (χ2n) is 19.4. The Labute approximate surface area is 412 Å². The van der Waals surface area contributed by atoms with Gasteiger partial charge in [0.25, 0.3) is 0 Å². The third-order valence-corrected chi connectivity index (χ3v) is 21.3. The average molecular weight is 1030 g/mol. The number of rotatable bonds is 8. The van der Waals surface area contributed by atoms with Crippen LogP contribution in [0.2, 0.25) is 0 Å². The molecule has 0 aromatic heterocycles. The molecule has 0 bridgehead atoms. The summed E-state index contributed by atoms with van der Waals surface area (Å²) in [5, 5.41) is 0. The van der Waals surface area contributed by atoms with Crippen molar-refractivity contribution in [3.63, 3.8) is 0 Å². The molecule has 2 aliphatic rings. The number of hydrogen-bond donors (Lipinski definition) is 0. The fourth-order valence-electron chi connectivity index (χ4n) is 10.6. The largest absolute Gasteiger partial charge is 1.00 e. The number of fused-ring (bicyclic) bond motifs is 3. The van der Waals surface area contributed by atoms with Crippen molar-refractivity contribution in [2.24, 2.45) is 11.3 Å². The van der Waals surface area contributed by atoms with Gasteiger partial charge in [0.2, 0.25) is 0 Å². The Morgan fingerprint density at radius 1 is 0.597 bits per heavy atom. The molecule has 348 valence electrons. The fourth-order valence-corrected chi connectivity index (χ4v) is 19.5. The van der Waals surface area contributed by atoms with E-state index in [0.717, 1.165) is 89.5 Å². The van der Waals surface area contributed by atoms with Gasteiger partial charge in [-0.3, -0.25) is 0 Å². The van der Waals surface area contributed by atoms with Crippen LogP contribution >= 0.6 is 0 Å². The Morgan fingerprint density at radius 2 is 1.09 bits per heavy atom. The molecule has 0 heterocycles. The van der Waals surface area contributed by atoms with Gasteiger partial charge in [0.15, 0.2) is 0 Å². The van der Waals surface area contributed by atoms with Crippen molar-refractivity contribution in [1.29, 1.82) is 0 Å². The van der Waals surface area contributed by atoms with Gasteiger partial charge >= 0.3 is 391 Å². The van der Waals surface area contributed by atoms with Gasteiger partial charge in [-0.05, 0) is 0 Å². The second kappa shape index (κ2) is 19.6. The van der Waals surface area contributed by atoms with E-state index in [9.17, 15) is 26.3 Å². The summed E-state index contributed by atoms with van der Waals surface area (Å²) >= 11 is -4.08. The maximum atomic E-state index is 14.8. The van der Waals surface area contributed by atoms with E-state index in [1.807, 2.05) is 0 Å². The molecular formula is C58H56Cl2F6Zr. The summed E-state index contributed by atoms with van der Waals surface area (Å²) < 4.78 is 91.8. The van der Waals surface area contributed by atoms with E-state index in [-0.39, 0.29) is 36.1 Å². The van der Waals surface area contributed by atoms with Gasteiger partial charge in [0, 0.05) is 0 Å². The molecule has 67 heavy (non-hydrogen) atoms. The quantitative estimate of drug-likeness (QED) is 0.133. The first-order valence-corrected chi connectivity index (χ1v) is 26.2. The summed E-state index contributed by atoms with van der Waals surface area (Å²) in [6.07, 6.45) is -2.44. The first kappa shape index (κ1) is 52.1. The van der Waals surface area contributed by atoms with E-state index < -0.39 is 44.7 Å². The van der Waals surface area contributed by atoms with E-state index in [1.165, 1.54) is 49.8 Å². The first-order chi connectivity index (χ1) is 30.5. The SMILES string of the molecule is CCCC1C=C(C(C)(C)C)C=[C]1[Zr+2](=[C](c1cccc(C(F)(F)F)c1)c1cccc(C(F)(F)F)c1)[c]1c(-c2c(C)cc(C)cc2C)ccc2c1Cc1cc(-c3c(C)cc(C)cc3C)ccc1-2.[Cl-].[Cl-]. The van der Waals surface area contributed by atoms with Gasteiger partial charge in [0.1, 0.15) is 0 Å². The summed E-state index contributed by atoms with van der Waals surface area (Å²) in [6.45, 7) is 21.4. The first-order valence-electron chi connectivity index (χ1n) is 22.5. The Bertz CT molecular complexity index is 2890. The van der Waals surface area contributed by atoms with Crippen LogP contribution in [-0.4, -0.2) is 3.21 Å². The molecule has 0 saturated heterocycles. The topological polar surface area (TPSA) is 0 Å². The van der Waals surface area contributed by atoms with Crippen molar-refractivity contribution < 1.29 is 72.4 Å². The predicted molar refractivity (Wildman–Crippen MR) is 254 cm³/mol. The number of alkyl halides is 6.